The summed E-state index contributed by atoms with van der Waals surface area (Å²) in [5, 5.41) is 0. The normalized spacial score (nSPS) is 13.1. The maximum Gasteiger partial charge on any atom is 0.314 e. The zero-order chi connectivity index (χ0) is 12.4. The van der Waals surface area contributed by atoms with Gasteiger partial charge in [0.1, 0.15) is 12.7 Å². The summed E-state index contributed by atoms with van der Waals surface area (Å²) in [4.78, 5) is 10.0. The summed E-state index contributed by atoms with van der Waals surface area (Å²) in [5.41, 5.74) is 3.54. The molecule has 0 spiro atoms. The third-order valence-electron chi connectivity index (χ3n) is 3.63. The van der Waals surface area contributed by atoms with Gasteiger partial charge in [0.15, 0.2) is 11.2 Å². The van der Waals surface area contributed by atoms with E-state index in [1.807, 2.05) is 24.7 Å². The first-order valence-electron chi connectivity index (χ1n) is 6.13. The van der Waals surface area contributed by atoms with Gasteiger partial charge in [0.2, 0.25) is 4.83 Å². The second-order valence-electron chi connectivity index (χ2n) is 4.71. The van der Waals surface area contributed by atoms with Crippen LogP contribution in [0.15, 0.2) is 43.0 Å². The Hall–Kier alpha value is -2.27. The molecule has 0 N–H and O–H groups in total. The Labute approximate surface area is 112 Å². The number of pyridine rings is 2. The van der Waals surface area contributed by atoms with E-state index in [-0.39, 0.29) is 0 Å². The van der Waals surface area contributed by atoms with Gasteiger partial charge < -0.3 is 0 Å². The summed E-state index contributed by atoms with van der Waals surface area (Å²) in [6.07, 6.45) is 7.85. The van der Waals surface area contributed by atoms with Gasteiger partial charge in [0.25, 0.3) is 0 Å². The van der Waals surface area contributed by atoms with Crippen LogP contribution in [0.2, 0.25) is 0 Å². The summed E-state index contributed by atoms with van der Waals surface area (Å²) in [6.45, 7) is 0.911. The first-order valence-corrected chi connectivity index (χ1v) is 6.95. The fourth-order valence-corrected chi connectivity index (χ4v) is 3.90. The topological polar surface area (TPSA) is 34.1 Å². The van der Waals surface area contributed by atoms with Crippen LogP contribution in [0.3, 0.4) is 0 Å². The number of fused-ring (bicyclic) bond motifs is 7. The summed E-state index contributed by atoms with van der Waals surface area (Å²) < 4.78 is 5.81. The Kier molecular flexibility index (Phi) is 1.62. The lowest BCUT2D eigenvalue weighted by Crippen LogP contribution is -2.29. The van der Waals surface area contributed by atoms with Crippen molar-refractivity contribution in [3.63, 3.8) is 0 Å². The molecule has 0 aliphatic carbocycles. The van der Waals surface area contributed by atoms with Crippen molar-refractivity contribution in [2.24, 2.45) is 0 Å². The first kappa shape index (κ1) is 9.63. The highest BCUT2D eigenvalue weighted by Crippen LogP contribution is 2.32. The molecule has 0 saturated heterocycles. The maximum absolute atomic E-state index is 4.55. The Bertz CT molecular complexity index is 951. The molecule has 90 valence electrons. The predicted octanol–water partition coefficient (Wildman–Crippen LogP) is 2.26. The molecule has 0 fully saturated rings. The zero-order valence-electron chi connectivity index (χ0n) is 9.95. The van der Waals surface area contributed by atoms with Crippen molar-refractivity contribution in [3.8, 4) is 11.5 Å². The molecular formula is C14H9N4S+. The van der Waals surface area contributed by atoms with Gasteiger partial charge in [-0.25, -0.2) is 9.55 Å². The molecule has 19 heavy (non-hydrogen) atoms. The fourth-order valence-electron chi connectivity index (χ4n) is 2.84. The van der Waals surface area contributed by atoms with Crippen LogP contribution in [-0.2, 0) is 6.54 Å². The minimum absolute atomic E-state index is 0.911. The standard InChI is InChI=1S/C14H9N4S/c1-2-9-7-17-8-12-18(14(17)13(9)16-4-1)10-6-15-5-3-11(10)19-12/h1-6,8H,7H2/q+1. The van der Waals surface area contributed by atoms with Crippen LogP contribution in [-0.4, -0.2) is 14.4 Å². The monoisotopic (exact) mass is 265 g/mol. The molecule has 1 aliphatic rings. The van der Waals surface area contributed by atoms with E-state index in [2.05, 4.69) is 37.3 Å². The smallest absolute Gasteiger partial charge is 0.260 e. The second-order valence-corrected chi connectivity index (χ2v) is 5.77. The Morgan fingerprint density at radius 2 is 2.26 bits per heavy atom. The Balaban J connectivity index is 2.00. The molecule has 0 amide bonds. The molecule has 5 rings (SSSR count). The van der Waals surface area contributed by atoms with Crippen molar-refractivity contribution in [1.29, 1.82) is 0 Å². The number of nitrogens with zero attached hydrogens (tertiary/aromatic N) is 4. The van der Waals surface area contributed by atoms with Gasteiger partial charge in [-0.2, -0.15) is 4.40 Å². The highest BCUT2D eigenvalue weighted by atomic mass is 32.1. The lowest BCUT2D eigenvalue weighted by atomic mass is 10.2. The van der Waals surface area contributed by atoms with Crippen molar-refractivity contribution in [2.45, 2.75) is 6.54 Å². The van der Waals surface area contributed by atoms with E-state index in [0.717, 1.165) is 17.8 Å². The average molecular weight is 265 g/mol. The van der Waals surface area contributed by atoms with Crippen LogP contribution >= 0.6 is 11.3 Å². The number of aromatic nitrogens is 4. The van der Waals surface area contributed by atoms with Crippen LogP contribution in [0.1, 0.15) is 5.56 Å². The summed E-state index contributed by atoms with van der Waals surface area (Å²) >= 11 is 1.79. The average Bonchev–Trinajstić information content (AvgIpc) is 3.04. The van der Waals surface area contributed by atoms with Crippen molar-refractivity contribution in [2.75, 3.05) is 0 Å². The SMILES string of the molecule is c1cnc2c(c1)C[n+]1cc3sc4ccncc4n3c1-2. The minimum atomic E-state index is 0.911. The number of hydrogen-bond donors (Lipinski definition) is 0. The molecule has 4 aromatic rings. The van der Waals surface area contributed by atoms with Crippen molar-refractivity contribution < 1.29 is 4.57 Å². The highest BCUT2D eigenvalue weighted by molar-refractivity contribution is 7.23. The van der Waals surface area contributed by atoms with E-state index >= 15 is 0 Å². The summed E-state index contributed by atoms with van der Waals surface area (Å²) in [6, 6.07) is 6.22. The van der Waals surface area contributed by atoms with E-state index in [0.29, 0.717) is 0 Å². The third kappa shape index (κ3) is 1.11. The van der Waals surface area contributed by atoms with Crippen LogP contribution in [0.4, 0.5) is 0 Å². The minimum Gasteiger partial charge on any atom is -0.260 e. The van der Waals surface area contributed by atoms with Crippen molar-refractivity contribution in [3.05, 3.63) is 48.5 Å². The van der Waals surface area contributed by atoms with Gasteiger partial charge in [-0.15, -0.1) is 0 Å². The van der Waals surface area contributed by atoms with Crippen LogP contribution in [0, 0.1) is 0 Å². The number of thiazole rings is 1. The molecule has 0 unspecified atom stereocenters. The van der Waals surface area contributed by atoms with Crippen molar-refractivity contribution >= 4 is 26.4 Å². The van der Waals surface area contributed by atoms with Gasteiger partial charge in [0.05, 0.1) is 10.9 Å². The quantitative estimate of drug-likeness (QED) is 0.402. The molecule has 0 atom stereocenters. The molecule has 5 heterocycles. The predicted molar refractivity (Wildman–Crippen MR) is 73.1 cm³/mol. The van der Waals surface area contributed by atoms with Gasteiger partial charge in [-0.05, 0) is 12.1 Å². The van der Waals surface area contributed by atoms with Gasteiger partial charge in [0, 0.05) is 18.0 Å². The number of rotatable bonds is 0. The molecule has 0 radical (unpaired) electrons. The first-order chi connectivity index (χ1) is 9.42. The van der Waals surface area contributed by atoms with Crippen LogP contribution in [0.5, 0.6) is 0 Å². The highest BCUT2D eigenvalue weighted by Gasteiger charge is 2.32. The molecular weight excluding hydrogens is 256 g/mol. The third-order valence-corrected chi connectivity index (χ3v) is 4.69. The molecule has 1 aliphatic heterocycles. The van der Waals surface area contributed by atoms with Gasteiger partial charge in [-0.1, -0.05) is 17.4 Å². The lowest BCUT2D eigenvalue weighted by molar-refractivity contribution is -0.670. The van der Waals surface area contributed by atoms with Crippen LogP contribution < -0.4 is 4.57 Å². The summed E-state index contributed by atoms with van der Waals surface area (Å²) in [7, 11) is 0. The molecule has 0 saturated carbocycles. The largest absolute Gasteiger partial charge is 0.314 e. The van der Waals surface area contributed by atoms with E-state index in [1.54, 1.807) is 11.3 Å². The van der Waals surface area contributed by atoms with E-state index in [4.69, 9.17) is 0 Å². The van der Waals surface area contributed by atoms with Gasteiger partial charge >= 0.3 is 5.82 Å². The van der Waals surface area contributed by atoms with E-state index < -0.39 is 0 Å². The lowest BCUT2D eigenvalue weighted by Gasteiger charge is -1.92. The molecule has 4 aromatic heterocycles. The Morgan fingerprint density at radius 3 is 3.26 bits per heavy atom. The zero-order valence-corrected chi connectivity index (χ0v) is 10.8. The van der Waals surface area contributed by atoms with Crippen LogP contribution in [0.25, 0.3) is 26.6 Å². The van der Waals surface area contributed by atoms with E-state index in [1.165, 1.54) is 20.9 Å². The summed E-state index contributed by atoms with van der Waals surface area (Å²) in [5.74, 6) is 1.17. The second kappa shape index (κ2) is 3.19. The van der Waals surface area contributed by atoms with E-state index in [9.17, 15) is 0 Å². The number of hydrogen-bond acceptors (Lipinski definition) is 3. The number of imidazole rings is 1. The molecule has 4 nitrogen and oxygen atoms in total. The molecule has 0 aromatic carbocycles. The molecule has 0 bridgehead atoms. The van der Waals surface area contributed by atoms with Crippen molar-refractivity contribution in [1.82, 2.24) is 14.4 Å². The Morgan fingerprint density at radius 1 is 1.26 bits per heavy atom. The van der Waals surface area contributed by atoms with Gasteiger partial charge in [-0.3, -0.25) is 4.98 Å². The fraction of sp³-hybridized carbons (Fsp3) is 0.0714. The molecule has 5 heteroatoms. The maximum atomic E-state index is 4.55.